The molecular formula is C8H10N4. The Labute approximate surface area is 70.2 Å². The predicted molar refractivity (Wildman–Crippen MR) is 47.3 cm³/mol. The van der Waals surface area contributed by atoms with Gasteiger partial charge < -0.3 is 5.32 Å². The molecule has 0 aliphatic rings. The van der Waals surface area contributed by atoms with Crippen molar-refractivity contribution in [2.24, 2.45) is 0 Å². The van der Waals surface area contributed by atoms with E-state index in [1.54, 1.807) is 0 Å². The van der Waals surface area contributed by atoms with E-state index in [0.29, 0.717) is 0 Å². The third-order valence-electron chi connectivity index (χ3n) is 1.85. The largest absolute Gasteiger partial charge is 0.357 e. The molecule has 0 unspecified atom stereocenters. The van der Waals surface area contributed by atoms with Gasteiger partial charge in [0.1, 0.15) is 0 Å². The maximum atomic E-state index is 4.04. The maximum absolute atomic E-state index is 4.04. The van der Waals surface area contributed by atoms with E-state index in [1.807, 2.05) is 36.7 Å². The van der Waals surface area contributed by atoms with Gasteiger partial charge in [-0.3, -0.25) is 4.40 Å². The number of hydrogen-bond donors (Lipinski definition) is 1. The molecule has 0 aromatic carbocycles. The fourth-order valence-corrected chi connectivity index (χ4v) is 1.22. The van der Waals surface area contributed by atoms with Gasteiger partial charge >= 0.3 is 0 Å². The fraction of sp³-hybridized carbons (Fsp3) is 0.250. The van der Waals surface area contributed by atoms with Gasteiger partial charge in [0.25, 0.3) is 0 Å². The highest BCUT2D eigenvalue weighted by Gasteiger charge is 2.03. The van der Waals surface area contributed by atoms with E-state index >= 15 is 0 Å². The zero-order valence-corrected chi connectivity index (χ0v) is 7.07. The summed E-state index contributed by atoms with van der Waals surface area (Å²) in [5.74, 6) is 0.772. The number of nitrogens with zero attached hydrogens (tertiary/aromatic N) is 3. The summed E-state index contributed by atoms with van der Waals surface area (Å²) in [6.45, 7) is 2.02. The molecule has 0 spiro atoms. The minimum atomic E-state index is 0.772. The first-order valence-electron chi connectivity index (χ1n) is 3.81. The number of rotatable bonds is 1. The van der Waals surface area contributed by atoms with E-state index < -0.39 is 0 Å². The molecule has 1 N–H and O–H groups in total. The van der Waals surface area contributed by atoms with E-state index in [9.17, 15) is 0 Å². The number of aromatic nitrogens is 3. The van der Waals surface area contributed by atoms with Crippen LogP contribution < -0.4 is 5.32 Å². The van der Waals surface area contributed by atoms with Crippen LogP contribution in [0.15, 0.2) is 18.3 Å². The Balaban J connectivity index is 2.80. The minimum absolute atomic E-state index is 0.772. The summed E-state index contributed by atoms with van der Waals surface area (Å²) >= 11 is 0. The van der Waals surface area contributed by atoms with Crippen molar-refractivity contribution in [1.82, 2.24) is 14.6 Å². The van der Waals surface area contributed by atoms with Gasteiger partial charge in [-0.2, -0.15) is 0 Å². The molecule has 2 aromatic heterocycles. The molecule has 2 aromatic rings. The van der Waals surface area contributed by atoms with E-state index in [-0.39, 0.29) is 0 Å². The molecule has 0 amide bonds. The zero-order chi connectivity index (χ0) is 8.55. The molecule has 0 bridgehead atoms. The van der Waals surface area contributed by atoms with Crippen LogP contribution in [-0.4, -0.2) is 21.6 Å². The zero-order valence-electron chi connectivity index (χ0n) is 7.07. The third-order valence-corrected chi connectivity index (χ3v) is 1.85. The van der Waals surface area contributed by atoms with Crippen LogP contribution in [0.25, 0.3) is 5.65 Å². The Hall–Kier alpha value is -1.58. The average molecular weight is 162 g/mol. The summed E-state index contributed by atoms with van der Waals surface area (Å²) in [5, 5.41) is 11.0. The van der Waals surface area contributed by atoms with E-state index in [2.05, 4.69) is 15.5 Å². The molecule has 0 saturated heterocycles. The minimum Gasteiger partial charge on any atom is -0.357 e. The summed E-state index contributed by atoms with van der Waals surface area (Å²) in [7, 11) is 1.83. The molecule has 0 aliphatic carbocycles. The highest BCUT2D eigenvalue weighted by atomic mass is 15.3. The fourth-order valence-electron chi connectivity index (χ4n) is 1.22. The van der Waals surface area contributed by atoms with Crippen LogP contribution in [0.5, 0.6) is 0 Å². The molecule has 2 rings (SSSR count). The second-order valence-corrected chi connectivity index (χ2v) is 2.66. The van der Waals surface area contributed by atoms with Crippen LogP contribution in [-0.2, 0) is 0 Å². The van der Waals surface area contributed by atoms with Gasteiger partial charge in [0.2, 0.25) is 5.95 Å². The number of pyridine rings is 1. The molecule has 62 valence electrons. The lowest BCUT2D eigenvalue weighted by Gasteiger charge is -1.98. The molecule has 12 heavy (non-hydrogen) atoms. The van der Waals surface area contributed by atoms with Crippen LogP contribution in [0.4, 0.5) is 5.95 Å². The molecule has 2 heterocycles. The van der Waals surface area contributed by atoms with Gasteiger partial charge in [-0.25, -0.2) is 0 Å². The van der Waals surface area contributed by atoms with Gasteiger partial charge in [-0.15, -0.1) is 10.2 Å². The predicted octanol–water partition coefficient (Wildman–Crippen LogP) is 1.08. The molecule has 0 atom stereocenters. The standard InChI is InChI=1S/C8H10N4/c1-6-4-3-5-12-7(6)10-11-8(12)9-2/h3-5H,1-2H3,(H,9,11). The Morgan fingerprint density at radius 1 is 1.42 bits per heavy atom. The molecule has 0 saturated carbocycles. The van der Waals surface area contributed by atoms with Gasteiger partial charge in [-0.1, -0.05) is 6.07 Å². The molecule has 4 heteroatoms. The Kier molecular flexibility index (Phi) is 1.46. The van der Waals surface area contributed by atoms with Crippen LogP contribution in [0, 0.1) is 6.92 Å². The monoisotopic (exact) mass is 162 g/mol. The van der Waals surface area contributed by atoms with Crippen LogP contribution in [0.1, 0.15) is 5.56 Å². The van der Waals surface area contributed by atoms with Crippen molar-refractivity contribution in [3.8, 4) is 0 Å². The number of anilines is 1. The van der Waals surface area contributed by atoms with Crippen molar-refractivity contribution >= 4 is 11.6 Å². The number of hydrogen-bond acceptors (Lipinski definition) is 3. The number of fused-ring (bicyclic) bond motifs is 1. The first kappa shape index (κ1) is 7.09. The number of nitrogens with one attached hydrogen (secondary N) is 1. The Bertz CT molecular complexity index is 404. The van der Waals surface area contributed by atoms with Crippen molar-refractivity contribution in [3.63, 3.8) is 0 Å². The van der Waals surface area contributed by atoms with Gasteiger partial charge in [0.15, 0.2) is 5.65 Å². The molecular weight excluding hydrogens is 152 g/mol. The molecule has 0 radical (unpaired) electrons. The topological polar surface area (TPSA) is 42.2 Å². The van der Waals surface area contributed by atoms with Crippen molar-refractivity contribution in [3.05, 3.63) is 23.9 Å². The summed E-state index contributed by atoms with van der Waals surface area (Å²) in [6, 6.07) is 4.00. The summed E-state index contributed by atoms with van der Waals surface area (Å²) in [5.41, 5.74) is 2.04. The molecule has 0 aliphatic heterocycles. The van der Waals surface area contributed by atoms with Crippen LogP contribution in [0.3, 0.4) is 0 Å². The van der Waals surface area contributed by atoms with E-state index in [0.717, 1.165) is 17.2 Å². The normalized spacial score (nSPS) is 10.5. The second-order valence-electron chi connectivity index (χ2n) is 2.66. The van der Waals surface area contributed by atoms with Gasteiger partial charge in [0, 0.05) is 13.2 Å². The van der Waals surface area contributed by atoms with Gasteiger partial charge in [-0.05, 0) is 18.6 Å². The smallest absolute Gasteiger partial charge is 0.228 e. The highest BCUT2D eigenvalue weighted by Crippen LogP contribution is 2.10. The van der Waals surface area contributed by atoms with Crippen LogP contribution >= 0.6 is 0 Å². The summed E-state index contributed by atoms with van der Waals surface area (Å²) in [6.07, 6.45) is 1.94. The lowest BCUT2D eigenvalue weighted by molar-refractivity contribution is 1.10. The van der Waals surface area contributed by atoms with E-state index in [1.165, 1.54) is 0 Å². The van der Waals surface area contributed by atoms with Crippen molar-refractivity contribution in [2.75, 3.05) is 12.4 Å². The summed E-state index contributed by atoms with van der Waals surface area (Å²) in [4.78, 5) is 0. The van der Waals surface area contributed by atoms with Crippen LogP contribution in [0.2, 0.25) is 0 Å². The van der Waals surface area contributed by atoms with Crippen molar-refractivity contribution in [2.45, 2.75) is 6.92 Å². The Morgan fingerprint density at radius 3 is 3.00 bits per heavy atom. The first-order chi connectivity index (χ1) is 5.83. The second kappa shape index (κ2) is 2.48. The SMILES string of the molecule is CNc1nnc2c(C)cccn12. The maximum Gasteiger partial charge on any atom is 0.228 e. The first-order valence-corrected chi connectivity index (χ1v) is 3.81. The molecule has 4 nitrogen and oxygen atoms in total. The summed E-state index contributed by atoms with van der Waals surface area (Å²) < 4.78 is 1.93. The molecule has 0 fully saturated rings. The lowest BCUT2D eigenvalue weighted by atomic mass is 10.3. The Morgan fingerprint density at radius 2 is 2.25 bits per heavy atom. The highest BCUT2D eigenvalue weighted by molar-refractivity contribution is 5.50. The lowest BCUT2D eigenvalue weighted by Crippen LogP contribution is -1.95. The third kappa shape index (κ3) is 0.845. The quantitative estimate of drug-likeness (QED) is 0.682. The average Bonchev–Trinajstić information content (AvgIpc) is 2.49. The van der Waals surface area contributed by atoms with Crippen molar-refractivity contribution < 1.29 is 0 Å². The number of aryl methyl sites for hydroxylation is 1. The van der Waals surface area contributed by atoms with Crippen molar-refractivity contribution in [1.29, 1.82) is 0 Å². The van der Waals surface area contributed by atoms with E-state index in [4.69, 9.17) is 0 Å². The van der Waals surface area contributed by atoms with Gasteiger partial charge in [0.05, 0.1) is 0 Å².